The van der Waals surface area contributed by atoms with Crippen LogP contribution in [0.5, 0.6) is 17.2 Å². The van der Waals surface area contributed by atoms with Crippen molar-refractivity contribution in [2.24, 2.45) is 0 Å². The molecule has 1 N–H and O–H groups in total. The Kier molecular flexibility index (Phi) is 9.41. The molecule has 0 fully saturated rings. The zero-order chi connectivity index (χ0) is 22.6. The maximum Gasteiger partial charge on any atom is 0.203 e. The second-order valence-corrected chi connectivity index (χ2v) is 7.79. The summed E-state index contributed by atoms with van der Waals surface area (Å²) in [5.41, 5.74) is 3.45. The SMILES string of the molecule is CCCCOc1cc(-c2cc(-c3ccccn3)[nH]n2)cc(OCCCC)c1OCCCC. The molecule has 0 spiro atoms. The summed E-state index contributed by atoms with van der Waals surface area (Å²) in [6.45, 7) is 8.37. The van der Waals surface area contributed by atoms with E-state index in [1.165, 1.54) is 0 Å². The van der Waals surface area contributed by atoms with Crippen LogP contribution in [0.4, 0.5) is 0 Å². The van der Waals surface area contributed by atoms with E-state index < -0.39 is 0 Å². The van der Waals surface area contributed by atoms with E-state index in [2.05, 4.69) is 36.0 Å². The molecule has 0 saturated carbocycles. The van der Waals surface area contributed by atoms with Crippen LogP contribution in [0.1, 0.15) is 59.3 Å². The van der Waals surface area contributed by atoms with Crippen molar-refractivity contribution in [3.8, 4) is 39.9 Å². The molecule has 0 aliphatic carbocycles. The van der Waals surface area contributed by atoms with Crippen LogP contribution >= 0.6 is 0 Å². The van der Waals surface area contributed by atoms with Gasteiger partial charge in [-0.1, -0.05) is 46.1 Å². The summed E-state index contributed by atoms with van der Waals surface area (Å²) in [4.78, 5) is 4.41. The largest absolute Gasteiger partial charge is 0.490 e. The molecule has 0 atom stereocenters. The van der Waals surface area contributed by atoms with Gasteiger partial charge in [0.05, 0.1) is 36.9 Å². The molecule has 2 aromatic heterocycles. The van der Waals surface area contributed by atoms with Crippen LogP contribution < -0.4 is 14.2 Å². The standard InChI is InChI=1S/C26H35N3O3/c1-4-7-14-30-24-17-20(22-19-23(29-28-22)21-12-10-11-13-27-21)18-25(31-15-8-5-2)26(24)32-16-9-6-3/h10-13,17-19H,4-9,14-16H2,1-3H3,(H,28,29). The molecule has 3 rings (SSSR count). The van der Waals surface area contributed by atoms with E-state index in [1.807, 2.05) is 36.4 Å². The number of hydrogen-bond donors (Lipinski definition) is 1. The second kappa shape index (κ2) is 12.7. The third-order valence-electron chi connectivity index (χ3n) is 5.09. The highest BCUT2D eigenvalue weighted by Crippen LogP contribution is 2.42. The Labute approximate surface area is 191 Å². The van der Waals surface area contributed by atoms with E-state index in [-0.39, 0.29) is 0 Å². The first-order chi connectivity index (χ1) is 15.8. The minimum absolute atomic E-state index is 0.635. The molecule has 0 aliphatic rings. The first kappa shape index (κ1) is 23.6. The summed E-state index contributed by atoms with van der Waals surface area (Å²) in [6, 6.07) is 11.8. The number of unbranched alkanes of at least 4 members (excludes halogenated alkanes) is 3. The van der Waals surface area contributed by atoms with Crippen molar-refractivity contribution in [1.29, 1.82) is 0 Å². The fourth-order valence-corrected chi connectivity index (χ4v) is 3.18. The molecule has 0 unspecified atom stereocenters. The smallest absolute Gasteiger partial charge is 0.203 e. The third-order valence-corrected chi connectivity index (χ3v) is 5.09. The Balaban J connectivity index is 1.96. The average molecular weight is 438 g/mol. The predicted octanol–water partition coefficient (Wildman–Crippen LogP) is 6.68. The first-order valence-corrected chi connectivity index (χ1v) is 11.8. The quantitative estimate of drug-likeness (QED) is 0.285. The predicted molar refractivity (Wildman–Crippen MR) is 128 cm³/mol. The summed E-state index contributed by atoms with van der Waals surface area (Å²) in [5, 5.41) is 7.62. The van der Waals surface area contributed by atoms with Crippen molar-refractivity contribution in [3.63, 3.8) is 0 Å². The maximum absolute atomic E-state index is 6.15. The molecule has 0 amide bonds. The number of rotatable bonds is 14. The first-order valence-electron chi connectivity index (χ1n) is 11.8. The van der Waals surface area contributed by atoms with Crippen LogP contribution in [-0.4, -0.2) is 35.0 Å². The molecule has 0 bridgehead atoms. The number of hydrogen-bond acceptors (Lipinski definition) is 5. The monoisotopic (exact) mass is 437 g/mol. The maximum atomic E-state index is 6.15. The summed E-state index contributed by atoms with van der Waals surface area (Å²) in [5.74, 6) is 2.11. The van der Waals surface area contributed by atoms with Gasteiger partial charge in [-0.15, -0.1) is 0 Å². The van der Waals surface area contributed by atoms with E-state index >= 15 is 0 Å². The number of nitrogens with zero attached hydrogens (tertiary/aromatic N) is 2. The van der Waals surface area contributed by atoms with Crippen molar-refractivity contribution in [1.82, 2.24) is 15.2 Å². The van der Waals surface area contributed by atoms with Gasteiger partial charge in [0.25, 0.3) is 0 Å². The number of pyridine rings is 1. The van der Waals surface area contributed by atoms with Crippen LogP contribution in [0.25, 0.3) is 22.6 Å². The molecule has 0 saturated heterocycles. The Hall–Kier alpha value is -3.02. The highest BCUT2D eigenvalue weighted by molar-refractivity contribution is 5.71. The number of aromatic nitrogens is 3. The van der Waals surface area contributed by atoms with Gasteiger partial charge in [-0.25, -0.2) is 0 Å². The van der Waals surface area contributed by atoms with E-state index in [4.69, 9.17) is 14.2 Å². The Morgan fingerprint density at radius 2 is 1.38 bits per heavy atom. The Morgan fingerprint density at radius 1 is 0.750 bits per heavy atom. The van der Waals surface area contributed by atoms with Crippen molar-refractivity contribution >= 4 is 0 Å². The fraction of sp³-hybridized carbons (Fsp3) is 0.462. The van der Waals surface area contributed by atoms with Crippen LogP contribution in [0.2, 0.25) is 0 Å². The lowest BCUT2D eigenvalue weighted by atomic mass is 10.1. The molecule has 172 valence electrons. The van der Waals surface area contributed by atoms with E-state index in [1.54, 1.807) is 6.20 Å². The second-order valence-electron chi connectivity index (χ2n) is 7.79. The molecule has 6 heteroatoms. The lowest BCUT2D eigenvalue weighted by Crippen LogP contribution is -2.06. The highest BCUT2D eigenvalue weighted by atomic mass is 16.5. The van der Waals surface area contributed by atoms with Gasteiger partial charge in [-0.3, -0.25) is 10.1 Å². The van der Waals surface area contributed by atoms with Gasteiger partial charge in [0.15, 0.2) is 11.5 Å². The number of aromatic amines is 1. The lowest BCUT2D eigenvalue weighted by molar-refractivity contribution is 0.237. The summed E-state index contributed by atoms with van der Waals surface area (Å²) in [6.07, 6.45) is 7.93. The summed E-state index contributed by atoms with van der Waals surface area (Å²) < 4.78 is 18.5. The zero-order valence-electron chi connectivity index (χ0n) is 19.5. The molecule has 2 heterocycles. The fourth-order valence-electron chi connectivity index (χ4n) is 3.18. The van der Waals surface area contributed by atoms with Crippen LogP contribution in [-0.2, 0) is 0 Å². The van der Waals surface area contributed by atoms with Crippen LogP contribution in [0.15, 0.2) is 42.6 Å². The minimum atomic E-state index is 0.635. The third kappa shape index (κ3) is 6.49. The van der Waals surface area contributed by atoms with Crippen molar-refractivity contribution in [2.75, 3.05) is 19.8 Å². The molecule has 0 radical (unpaired) electrons. The van der Waals surface area contributed by atoms with Crippen LogP contribution in [0, 0.1) is 0 Å². The molecular formula is C26H35N3O3. The number of H-pyrrole nitrogens is 1. The van der Waals surface area contributed by atoms with Gasteiger partial charge < -0.3 is 14.2 Å². The van der Waals surface area contributed by atoms with Crippen molar-refractivity contribution in [2.45, 2.75) is 59.3 Å². The summed E-state index contributed by atoms with van der Waals surface area (Å²) >= 11 is 0. The van der Waals surface area contributed by atoms with E-state index in [9.17, 15) is 0 Å². The molecule has 3 aromatic rings. The molecule has 6 nitrogen and oxygen atoms in total. The molecule has 0 aliphatic heterocycles. The molecular weight excluding hydrogens is 402 g/mol. The Bertz CT molecular complexity index is 909. The molecule has 1 aromatic carbocycles. The van der Waals surface area contributed by atoms with E-state index in [0.717, 1.165) is 61.2 Å². The van der Waals surface area contributed by atoms with Gasteiger partial charge in [-0.05, 0) is 49.6 Å². The van der Waals surface area contributed by atoms with Gasteiger partial charge in [0, 0.05) is 11.8 Å². The Morgan fingerprint density at radius 3 is 1.94 bits per heavy atom. The number of ether oxygens (including phenoxy) is 3. The average Bonchev–Trinajstić information content (AvgIpc) is 3.32. The van der Waals surface area contributed by atoms with Crippen molar-refractivity contribution < 1.29 is 14.2 Å². The topological polar surface area (TPSA) is 69.3 Å². The van der Waals surface area contributed by atoms with Gasteiger partial charge in [0.2, 0.25) is 5.75 Å². The normalized spacial score (nSPS) is 10.8. The van der Waals surface area contributed by atoms with E-state index in [0.29, 0.717) is 37.1 Å². The minimum Gasteiger partial charge on any atom is -0.490 e. The van der Waals surface area contributed by atoms with Crippen molar-refractivity contribution in [3.05, 3.63) is 42.6 Å². The zero-order valence-corrected chi connectivity index (χ0v) is 19.5. The van der Waals surface area contributed by atoms with Gasteiger partial charge >= 0.3 is 0 Å². The highest BCUT2D eigenvalue weighted by Gasteiger charge is 2.18. The lowest BCUT2D eigenvalue weighted by Gasteiger charge is -2.18. The number of benzene rings is 1. The van der Waals surface area contributed by atoms with Crippen LogP contribution in [0.3, 0.4) is 0 Å². The number of nitrogens with one attached hydrogen (secondary N) is 1. The van der Waals surface area contributed by atoms with Gasteiger partial charge in [-0.2, -0.15) is 5.10 Å². The summed E-state index contributed by atoms with van der Waals surface area (Å²) in [7, 11) is 0. The van der Waals surface area contributed by atoms with Gasteiger partial charge in [0.1, 0.15) is 0 Å². The molecule has 32 heavy (non-hydrogen) atoms.